The smallest absolute Gasteiger partial charge is 0.329 e. The molecule has 0 spiro atoms. The predicted molar refractivity (Wildman–Crippen MR) is 93.0 cm³/mol. The summed E-state index contributed by atoms with van der Waals surface area (Å²) < 4.78 is 6.08. The third-order valence-electron chi connectivity index (χ3n) is 3.44. The van der Waals surface area contributed by atoms with Crippen LogP contribution in [0.3, 0.4) is 0 Å². The van der Waals surface area contributed by atoms with E-state index in [0.29, 0.717) is 18.5 Å². The molecule has 0 radical (unpaired) electrons. The van der Waals surface area contributed by atoms with E-state index in [1.54, 1.807) is 0 Å². The van der Waals surface area contributed by atoms with E-state index in [4.69, 9.17) is 4.74 Å². The molecule has 1 aliphatic heterocycles. The summed E-state index contributed by atoms with van der Waals surface area (Å²) in [6.07, 6.45) is 0. The van der Waals surface area contributed by atoms with Crippen LogP contribution in [0.15, 0.2) is 40.3 Å². The number of nitrogens with one attached hydrogen (secondary N) is 1. The highest BCUT2D eigenvalue weighted by atomic mass is 16.6. The summed E-state index contributed by atoms with van der Waals surface area (Å²) in [5.74, 6) is -0.397. The van der Waals surface area contributed by atoms with Gasteiger partial charge in [0.15, 0.2) is 0 Å². The Balaban J connectivity index is 2.30. The normalized spacial score (nSPS) is 20.7. The number of guanidine groups is 1. The van der Waals surface area contributed by atoms with Crippen LogP contribution in [0.5, 0.6) is 0 Å². The second-order valence-corrected chi connectivity index (χ2v) is 6.04. The molecule has 1 aromatic carbocycles. The Bertz CT molecular complexity index is 581. The van der Waals surface area contributed by atoms with Gasteiger partial charge < -0.3 is 14.5 Å². The number of rotatable bonds is 4. The molecule has 0 aliphatic carbocycles. The first-order valence-electron chi connectivity index (χ1n) is 7.52. The Hall–Kier alpha value is -2.12. The maximum Gasteiger partial charge on any atom is 0.329 e. The highest BCUT2D eigenvalue weighted by molar-refractivity contribution is 5.93. The van der Waals surface area contributed by atoms with Gasteiger partial charge in [0.25, 0.3) is 6.02 Å². The number of hydrogen-bond acceptors (Lipinski definition) is 7. The number of benzene rings is 1. The van der Waals surface area contributed by atoms with E-state index < -0.39 is 5.97 Å². The van der Waals surface area contributed by atoms with Crippen molar-refractivity contribution >= 4 is 12.0 Å². The van der Waals surface area contributed by atoms with Crippen LogP contribution in [0, 0.1) is 0 Å². The average molecular weight is 318 g/mol. The zero-order chi connectivity index (χ0) is 17.0. The predicted octanol–water partition coefficient (Wildman–Crippen LogP) is 0.815. The van der Waals surface area contributed by atoms with E-state index in [2.05, 4.69) is 27.4 Å². The zero-order valence-corrected chi connectivity index (χ0v) is 14.7. The van der Waals surface area contributed by atoms with Crippen LogP contribution >= 0.6 is 0 Å². The molecule has 7 nitrogen and oxygen atoms in total. The molecule has 2 rings (SSSR count). The molecule has 23 heavy (non-hydrogen) atoms. The summed E-state index contributed by atoms with van der Waals surface area (Å²) in [7, 11) is 11.5. The molecule has 0 bridgehead atoms. The van der Waals surface area contributed by atoms with Gasteiger partial charge in [-0.2, -0.15) is 9.98 Å². The minimum atomic E-state index is -1.00. The van der Waals surface area contributed by atoms with E-state index in [0.717, 1.165) is 5.56 Å². The van der Waals surface area contributed by atoms with Crippen LogP contribution < -0.4 is 5.32 Å². The van der Waals surface area contributed by atoms with E-state index in [9.17, 15) is 0 Å². The molecule has 1 aromatic rings. The summed E-state index contributed by atoms with van der Waals surface area (Å²) in [6, 6.07) is 10.7. The van der Waals surface area contributed by atoms with Gasteiger partial charge in [-0.15, -0.1) is 0 Å². The van der Waals surface area contributed by atoms with Gasteiger partial charge in [0.05, 0.1) is 0 Å². The highest BCUT2D eigenvalue weighted by Crippen LogP contribution is 2.20. The van der Waals surface area contributed by atoms with Crippen LogP contribution in [0.4, 0.5) is 0 Å². The quantitative estimate of drug-likeness (QED) is 0.833. The van der Waals surface area contributed by atoms with E-state index in [1.165, 1.54) is 0 Å². The van der Waals surface area contributed by atoms with E-state index in [-0.39, 0.29) is 0 Å². The summed E-state index contributed by atoms with van der Waals surface area (Å²) in [4.78, 5) is 14.7. The van der Waals surface area contributed by atoms with Gasteiger partial charge in [0, 0.05) is 34.7 Å². The van der Waals surface area contributed by atoms with Gasteiger partial charge in [-0.05, 0) is 19.7 Å². The molecule has 1 heterocycles. The Morgan fingerprint density at radius 3 is 2.17 bits per heavy atom. The molecule has 0 amide bonds. The third-order valence-corrected chi connectivity index (χ3v) is 3.44. The largest absolute Gasteiger partial charge is 0.408 e. The molecule has 7 heteroatoms. The number of hydrogen-bond donors (Lipinski definition) is 1. The van der Waals surface area contributed by atoms with Crippen molar-refractivity contribution in [2.24, 2.45) is 9.98 Å². The van der Waals surface area contributed by atoms with Crippen molar-refractivity contribution in [3.63, 3.8) is 0 Å². The van der Waals surface area contributed by atoms with E-state index in [1.807, 2.05) is 75.2 Å². The van der Waals surface area contributed by atoms with Crippen molar-refractivity contribution in [1.29, 1.82) is 0 Å². The van der Waals surface area contributed by atoms with Gasteiger partial charge in [-0.1, -0.05) is 30.3 Å². The second-order valence-electron chi connectivity index (χ2n) is 6.04. The maximum absolute atomic E-state index is 6.08. The van der Waals surface area contributed by atoms with Gasteiger partial charge in [-0.3, -0.25) is 0 Å². The first kappa shape index (κ1) is 17.2. The van der Waals surface area contributed by atoms with Crippen LogP contribution in [0.2, 0.25) is 0 Å². The van der Waals surface area contributed by atoms with Crippen LogP contribution in [0.25, 0.3) is 0 Å². The lowest BCUT2D eigenvalue weighted by molar-refractivity contribution is -0.102. The SMILES string of the molecule is CN(C)C1=N[C@](NCc2ccccc2)(N(C)C)OC(N(C)C)=N1. The molecular weight excluding hydrogens is 292 g/mol. The minimum absolute atomic E-state index is 0.512. The van der Waals surface area contributed by atoms with Gasteiger partial charge >= 0.3 is 5.97 Å². The summed E-state index contributed by atoms with van der Waals surface area (Å²) in [6.45, 7) is 0.629. The molecule has 0 saturated heterocycles. The first-order chi connectivity index (χ1) is 10.8. The topological polar surface area (TPSA) is 55.7 Å². The summed E-state index contributed by atoms with van der Waals surface area (Å²) in [5, 5.41) is 3.40. The standard InChI is InChI=1S/C16H26N6O/c1-20(2)14-18-15(21(3)4)23-16(19-14,22(5)6)17-12-13-10-8-7-9-11-13/h7-11,17H,12H2,1-6H3/t16-/m1/s1. The van der Waals surface area contributed by atoms with Crippen molar-refractivity contribution in [3.8, 4) is 0 Å². The molecular formula is C16H26N6O. The van der Waals surface area contributed by atoms with Crippen molar-refractivity contribution in [1.82, 2.24) is 20.0 Å². The zero-order valence-electron chi connectivity index (χ0n) is 14.7. The van der Waals surface area contributed by atoms with Crippen LogP contribution in [-0.2, 0) is 11.3 Å². The number of ether oxygens (including phenoxy) is 1. The first-order valence-corrected chi connectivity index (χ1v) is 7.52. The van der Waals surface area contributed by atoms with Crippen molar-refractivity contribution < 1.29 is 4.74 Å². The monoisotopic (exact) mass is 318 g/mol. The molecule has 0 saturated carbocycles. The molecule has 1 N–H and O–H groups in total. The summed E-state index contributed by atoms with van der Waals surface area (Å²) in [5.41, 5.74) is 1.16. The van der Waals surface area contributed by atoms with Crippen molar-refractivity contribution in [3.05, 3.63) is 35.9 Å². The Kier molecular flexibility index (Phi) is 5.23. The van der Waals surface area contributed by atoms with E-state index >= 15 is 0 Å². The average Bonchev–Trinajstić information content (AvgIpc) is 2.53. The molecule has 0 unspecified atom stereocenters. The lowest BCUT2D eigenvalue weighted by Gasteiger charge is -2.40. The fourth-order valence-electron chi connectivity index (χ4n) is 2.05. The second kappa shape index (κ2) is 6.97. The fourth-order valence-corrected chi connectivity index (χ4v) is 2.05. The third kappa shape index (κ3) is 4.00. The van der Waals surface area contributed by atoms with Gasteiger partial charge in [0.1, 0.15) is 0 Å². The molecule has 126 valence electrons. The Morgan fingerprint density at radius 2 is 1.65 bits per heavy atom. The molecule has 0 fully saturated rings. The Labute approximate surface area is 138 Å². The number of amidine groups is 1. The highest BCUT2D eigenvalue weighted by Gasteiger charge is 2.40. The molecule has 0 aromatic heterocycles. The van der Waals surface area contributed by atoms with Crippen LogP contribution in [0.1, 0.15) is 5.56 Å². The van der Waals surface area contributed by atoms with Gasteiger partial charge in [0.2, 0.25) is 5.96 Å². The Morgan fingerprint density at radius 1 is 1.00 bits per heavy atom. The lowest BCUT2D eigenvalue weighted by Crippen LogP contribution is -2.61. The van der Waals surface area contributed by atoms with Gasteiger partial charge in [-0.25, -0.2) is 10.2 Å². The fraction of sp³-hybridized carbons (Fsp3) is 0.500. The maximum atomic E-state index is 6.08. The number of nitrogens with zero attached hydrogens (tertiary/aromatic N) is 5. The number of aliphatic imine (C=N–C) groups is 2. The minimum Gasteiger partial charge on any atom is -0.408 e. The summed E-state index contributed by atoms with van der Waals surface area (Å²) >= 11 is 0. The molecule has 1 aliphatic rings. The molecule has 1 atom stereocenters. The van der Waals surface area contributed by atoms with Crippen LogP contribution in [-0.4, -0.2) is 74.9 Å². The van der Waals surface area contributed by atoms with Crippen molar-refractivity contribution in [2.45, 2.75) is 12.5 Å². The lowest BCUT2D eigenvalue weighted by atomic mass is 10.2. The van der Waals surface area contributed by atoms with Crippen molar-refractivity contribution in [2.75, 3.05) is 42.3 Å².